The summed E-state index contributed by atoms with van der Waals surface area (Å²) in [6.45, 7) is 1.93. The number of nitrogens with one attached hydrogen (secondary N) is 1. The van der Waals surface area contributed by atoms with Gasteiger partial charge >= 0.3 is 0 Å². The Kier molecular flexibility index (Phi) is 13.0. The Morgan fingerprint density at radius 3 is 2.43 bits per heavy atom. The lowest BCUT2D eigenvalue weighted by molar-refractivity contribution is -0.160. The largest absolute Gasteiger partial charge is 0.490 e. The molecule has 0 bridgehead atoms. The van der Waals surface area contributed by atoms with Crippen molar-refractivity contribution in [3.63, 3.8) is 0 Å². The molecule has 1 aliphatic heterocycles. The molecule has 1 amide bonds. The van der Waals surface area contributed by atoms with Gasteiger partial charge in [0.2, 0.25) is 0 Å². The first-order valence-corrected chi connectivity index (χ1v) is 21.1. The van der Waals surface area contributed by atoms with E-state index in [2.05, 4.69) is 35.4 Å². The van der Waals surface area contributed by atoms with Crippen LogP contribution in [0.2, 0.25) is 5.02 Å². The standard InChI is InChI=1S/C40H52ClN3O9S/c1-25(5-4-18-44(28-13-19-54(51,52)20-14-28)39(50)38(49)37(48)36(47)34(46)24-45)26-8-11-33(41)27(21-26)22-43-40(15-16-40)32-23-42-17-12-30(32)31-6-2-3-7-35(31)53-29-9-10-29/h2-3,6-8,11-12,17,21,23,25,28-29,34,36-38,43,45-49H,4-5,9-10,13-16,18-20,22,24H2,1H3. The molecule has 2 aromatic carbocycles. The Morgan fingerprint density at radius 2 is 1.74 bits per heavy atom. The summed E-state index contributed by atoms with van der Waals surface area (Å²) in [6, 6.07) is 15.7. The summed E-state index contributed by atoms with van der Waals surface area (Å²) < 4.78 is 30.5. The smallest absolute Gasteiger partial charge is 0.254 e. The van der Waals surface area contributed by atoms with E-state index in [0.29, 0.717) is 24.4 Å². The topological polar surface area (TPSA) is 190 Å². The fourth-order valence-electron chi connectivity index (χ4n) is 7.37. The zero-order valence-electron chi connectivity index (χ0n) is 30.6. The van der Waals surface area contributed by atoms with Crippen LogP contribution < -0.4 is 10.1 Å². The molecule has 1 saturated heterocycles. The van der Waals surface area contributed by atoms with Gasteiger partial charge in [0.15, 0.2) is 6.10 Å². The molecule has 6 N–H and O–H groups in total. The second-order valence-corrected chi connectivity index (χ2v) is 17.9. The van der Waals surface area contributed by atoms with Crippen LogP contribution in [0.3, 0.4) is 0 Å². The van der Waals surface area contributed by atoms with E-state index in [1.165, 1.54) is 4.90 Å². The van der Waals surface area contributed by atoms with Crippen molar-refractivity contribution in [2.75, 3.05) is 24.7 Å². The number of hydrogen-bond acceptors (Lipinski definition) is 11. The summed E-state index contributed by atoms with van der Waals surface area (Å²) in [7, 11) is -3.24. The number of nitrogens with zero attached hydrogens (tertiary/aromatic N) is 2. The molecule has 3 aromatic rings. The van der Waals surface area contributed by atoms with Gasteiger partial charge in [-0.2, -0.15) is 0 Å². The molecule has 294 valence electrons. The van der Waals surface area contributed by atoms with Crippen molar-refractivity contribution in [1.29, 1.82) is 0 Å². The van der Waals surface area contributed by atoms with Crippen LogP contribution in [-0.2, 0) is 26.7 Å². The van der Waals surface area contributed by atoms with Crippen LogP contribution in [0.1, 0.15) is 80.9 Å². The minimum absolute atomic E-state index is 0.0597. The molecule has 5 atom stereocenters. The number of aromatic nitrogens is 1. The van der Waals surface area contributed by atoms with Gasteiger partial charge < -0.3 is 40.5 Å². The van der Waals surface area contributed by atoms with Gasteiger partial charge in [0.05, 0.1) is 24.2 Å². The molecule has 0 spiro atoms. The zero-order valence-corrected chi connectivity index (χ0v) is 32.1. The van der Waals surface area contributed by atoms with Crippen molar-refractivity contribution in [2.45, 2.75) is 113 Å². The number of amides is 1. The average Bonchev–Trinajstić information content (AvgIpc) is 4.13. The van der Waals surface area contributed by atoms with Crippen molar-refractivity contribution in [2.24, 2.45) is 0 Å². The van der Waals surface area contributed by atoms with Crippen LogP contribution in [0.5, 0.6) is 5.75 Å². The van der Waals surface area contributed by atoms with Crippen LogP contribution in [0, 0.1) is 0 Å². The number of rotatable bonds is 18. The van der Waals surface area contributed by atoms with E-state index in [-0.39, 0.29) is 48.5 Å². The number of para-hydroxylation sites is 1. The van der Waals surface area contributed by atoms with Gasteiger partial charge in [0.1, 0.15) is 33.9 Å². The van der Waals surface area contributed by atoms with E-state index in [1.54, 1.807) is 0 Å². The summed E-state index contributed by atoms with van der Waals surface area (Å²) in [5.41, 5.74) is 5.05. The normalized spacial score (nSPS) is 20.7. The molecule has 6 rings (SSSR count). The highest BCUT2D eigenvalue weighted by molar-refractivity contribution is 7.91. The van der Waals surface area contributed by atoms with Gasteiger partial charge in [-0.3, -0.25) is 9.78 Å². The Morgan fingerprint density at radius 1 is 1.02 bits per heavy atom. The second-order valence-electron chi connectivity index (χ2n) is 15.2. The number of carbonyl (C=O) groups excluding carboxylic acids is 1. The molecule has 54 heavy (non-hydrogen) atoms. The highest BCUT2D eigenvalue weighted by Crippen LogP contribution is 2.50. The summed E-state index contributed by atoms with van der Waals surface area (Å²) in [4.78, 5) is 19.4. The van der Waals surface area contributed by atoms with E-state index in [9.17, 15) is 33.6 Å². The number of aliphatic hydroxyl groups excluding tert-OH is 5. The first-order valence-electron chi connectivity index (χ1n) is 18.9. The Hall–Kier alpha value is -3.14. The van der Waals surface area contributed by atoms with Gasteiger partial charge in [-0.25, -0.2) is 8.42 Å². The van der Waals surface area contributed by atoms with Crippen molar-refractivity contribution < 1.29 is 43.5 Å². The number of ether oxygens (including phenoxy) is 1. The molecule has 5 unspecified atom stereocenters. The third kappa shape index (κ3) is 9.62. The zero-order chi connectivity index (χ0) is 38.6. The summed E-state index contributed by atoms with van der Waals surface area (Å²) in [6.07, 6.45) is 1.81. The van der Waals surface area contributed by atoms with E-state index in [0.717, 1.165) is 59.3 Å². The Labute approximate surface area is 322 Å². The van der Waals surface area contributed by atoms with Gasteiger partial charge in [-0.1, -0.05) is 48.9 Å². The summed E-state index contributed by atoms with van der Waals surface area (Å²) in [5.74, 6) is -0.124. The first-order chi connectivity index (χ1) is 25.8. The molecule has 3 aliphatic rings. The van der Waals surface area contributed by atoms with Crippen LogP contribution in [0.4, 0.5) is 0 Å². The van der Waals surface area contributed by atoms with Crippen LogP contribution >= 0.6 is 11.6 Å². The molecule has 1 aromatic heterocycles. The maximum Gasteiger partial charge on any atom is 0.254 e. The lowest BCUT2D eigenvalue weighted by atomic mass is 9.93. The average molecular weight is 786 g/mol. The lowest BCUT2D eigenvalue weighted by Gasteiger charge is -2.37. The van der Waals surface area contributed by atoms with Crippen molar-refractivity contribution >= 4 is 27.3 Å². The maximum absolute atomic E-state index is 13.5. The van der Waals surface area contributed by atoms with Crippen molar-refractivity contribution in [3.8, 4) is 16.9 Å². The fraction of sp³-hybridized carbons (Fsp3) is 0.550. The van der Waals surface area contributed by atoms with E-state index < -0.39 is 52.8 Å². The van der Waals surface area contributed by atoms with Crippen LogP contribution in [0.25, 0.3) is 11.1 Å². The molecule has 0 radical (unpaired) electrons. The SMILES string of the molecule is CC(CCCN(C(=O)C(O)C(O)C(O)C(O)CO)C1CCS(=O)(=O)CC1)c1ccc(Cl)c(CNC2(c3cnccc3-c3ccccc3OC3CC3)CC2)c1. The summed E-state index contributed by atoms with van der Waals surface area (Å²) in [5, 5.41) is 54.6. The predicted octanol–water partition coefficient (Wildman–Crippen LogP) is 3.45. The number of halogens is 1. The molecule has 2 heterocycles. The fourth-order valence-corrected chi connectivity index (χ4v) is 9.02. The molecular weight excluding hydrogens is 734 g/mol. The predicted molar refractivity (Wildman–Crippen MR) is 205 cm³/mol. The minimum Gasteiger partial charge on any atom is -0.490 e. The van der Waals surface area contributed by atoms with Gasteiger partial charge in [-0.15, -0.1) is 0 Å². The number of benzene rings is 2. The van der Waals surface area contributed by atoms with E-state index in [4.69, 9.17) is 21.4 Å². The van der Waals surface area contributed by atoms with E-state index >= 15 is 0 Å². The van der Waals surface area contributed by atoms with Gasteiger partial charge in [0, 0.05) is 47.7 Å². The molecule has 12 nitrogen and oxygen atoms in total. The number of hydrogen-bond donors (Lipinski definition) is 6. The van der Waals surface area contributed by atoms with Gasteiger partial charge in [0.25, 0.3) is 5.91 Å². The number of carbonyl (C=O) groups is 1. The molecular formula is C40H52ClN3O9S. The highest BCUT2D eigenvalue weighted by Gasteiger charge is 2.46. The summed E-state index contributed by atoms with van der Waals surface area (Å²) >= 11 is 6.74. The number of sulfone groups is 1. The van der Waals surface area contributed by atoms with E-state index in [1.807, 2.05) is 42.7 Å². The third-order valence-electron chi connectivity index (χ3n) is 11.1. The van der Waals surface area contributed by atoms with Crippen LogP contribution in [0.15, 0.2) is 60.9 Å². The Balaban J connectivity index is 1.11. The highest BCUT2D eigenvalue weighted by atomic mass is 35.5. The number of aliphatic hydroxyl groups is 5. The quantitative estimate of drug-likeness (QED) is 0.111. The third-order valence-corrected chi connectivity index (χ3v) is 13.2. The van der Waals surface area contributed by atoms with Gasteiger partial charge in [-0.05, 0) is 97.7 Å². The monoisotopic (exact) mass is 785 g/mol. The number of pyridine rings is 1. The van der Waals surface area contributed by atoms with Crippen molar-refractivity contribution in [1.82, 2.24) is 15.2 Å². The maximum atomic E-state index is 13.5. The minimum atomic E-state index is -3.24. The first kappa shape index (κ1) is 40.5. The lowest BCUT2D eigenvalue weighted by Crippen LogP contribution is -2.55. The molecule has 14 heteroatoms. The second kappa shape index (κ2) is 17.3. The molecule has 3 fully saturated rings. The van der Waals surface area contributed by atoms with Crippen molar-refractivity contribution in [3.05, 3.63) is 82.6 Å². The Bertz CT molecular complexity index is 1860. The van der Waals surface area contributed by atoms with Crippen LogP contribution in [-0.4, -0.2) is 111 Å². The molecule has 2 aliphatic carbocycles. The molecule has 2 saturated carbocycles.